The molecule has 3 heteroatoms. The second-order valence-electron chi connectivity index (χ2n) is 5.93. The molecule has 0 bridgehead atoms. The van der Waals surface area contributed by atoms with Crippen molar-refractivity contribution in [2.24, 2.45) is 5.92 Å². The fourth-order valence-electron chi connectivity index (χ4n) is 3.35. The molecule has 0 spiro atoms. The quantitative estimate of drug-likeness (QED) is 0.807. The van der Waals surface area contributed by atoms with Gasteiger partial charge in [-0.2, -0.15) is 0 Å². The molecule has 4 atom stereocenters. The third-order valence-electron chi connectivity index (χ3n) is 4.46. The zero-order valence-corrected chi connectivity index (χ0v) is 12.0. The van der Waals surface area contributed by atoms with Crippen molar-refractivity contribution in [1.29, 1.82) is 0 Å². The molecule has 0 amide bonds. The summed E-state index contributed by atoms with van der Waals surface area (Å²) in [5.74, 6) is 0.812. The van der Waals surface area contributed by atoms with Gasteiger partial charge in [0.1, 0.15) is 5.75 Å². The number of aliphatic hydroxyl groups is 2. The Labute approximate surface area is 115 Å². The van der Waals surface area contributed by atoms with E-state index in [4.69, 9.17) is 4.74 Å². The lowest BCUT2D eigenvalue weighted by Crippen LogP contribution is -2.37. The van der Waals surface area contributed by atoms with Crippen molar-refractivity contribution < 1.29 is 14.9 Å². The minimum Gasteiger partial charge on any atom is -0.497 e. The number of hydrogen-bond donors (Lipinski definition) is 2. The molecule has 1 saturated carbocycles. The topological polar surface area (TPSA) is 49.7 Å². The largest absolute Gasteiger partial charge is 0.497 e. The van der Waals surface area contributed by atoms with E-state index in [1.54, 1.807) is 7.11 Å². The van der Waals surface area contributed by atoms with E-state index in [0.29, 0.717) is 0 Å². The second kappa shape index (κ2) is 5.51. The molecular weight excluding hydrogens is 240 g/mol. The van der Waals surface area contributed by atoms with Gasteiger partial charge in [-0.25, -0.2) is 0 Å². The number of ether oxygens (including phenoxy) is 1. The molecule has 1 aliphatic carbocycles. The van der Waals surface area contributed by atoms with Crippen LogP contribution in [0.25, 0.3) is 0 Å². The lowest BCUT2D eigenvalue weighted by Gasteiger charge is -2.36. The van der Waals surface area contributed by atoms with Gasteiger partial charge in [-0.1, -0.05) is 19.1 Å². The molecule has 0 aliphatic heterocycles. The van der Waals surface area contributed by atoms with Crippen LogP contribution >= 0.6 is 0 Å². The third kappa shape index (κ3) is 2.93. The first-order valence-corrected chi connectivity index (χ1v) is 7.00. The van der Waals surface area contributed by atoms with Gasteiger partial charge in [0.15, 0.2) is 0 Å². The number of benzene rings is 1. The van der Waals surface area contributed by atoms with Crippen LogP contribution < -0.4 is 4.74 Å². The normalized spacial score (nSPS) is 35.7. The maximum absolute atomic E-state index is 10.7. The highest BCUT2D eigenvalue weighted by molar-refractivity contribution is 5.31. The molecule has 2 N–H and O–H groups in total. The van der Waals surface area contributed by atoms with Crippen molar-refractivity contribution in [1.82, 2.24) is 0 Å². The van der Waals surface area contributed by atoms with Crippen LogP contribution in [0.5, 0.6) is 5.75 Å². The van der Waals surface area contributed by atoms with Gasteiger partial charge in [0, 0.05) is 5.92 Å². The minimum atomic E-state index is -0.772. The van der Waals surface area contributed by atoms with Crippen LogP contribution in [-0.2, 0) is 0 Å². The van der Waals surface area contributed by atoms with Crippen LogP contribution in [0.1, 0.15) is 44.6 Å². The Balaban J connectivity index is 2.35. The van der Waals surface area contributed by atoms with Gasteiger partial charge in [0.05, 0.1) is 18.8 Å². The van der Waals surface area contributed by atoms with Gasteiger partial charge in [0.2, 0.25) is 0 Å². The Hall–Kier alpha value is -1.06. The van der Waals surface area contributed by atoms with E-state index in [1.807, 2.05) is 38.1 Å². The van der Waals surface area contributed by atoms with E-state index in [9.17, 15) is 10.2 Å². The molecule has 1 aromatic carbocycles. The Morgan fingerprint density at radius 1 is 1.26 bits per heavy atom. The molecular formula is C16H24O3. The first-order valence-electron chi connectivity index (χ1n) is 7.00. The van der Waals surface area contributed by atoms with Gasteiger partial charge in [0.25, 0.3) is 0 Å². The van der Waals surface area contributed by atoms with Gasteiger partial charge >= 0.3 is 0 Å². The molecule has 1 aromatic rings. The van der Waals surface area contributed by atoms with Crippen LogP contribution in [-0.4, -0.2) is 29.0 Å². The summed E-state index contributed by atoms with van der Waals surface area (Å²) in [4.78, 5) is 0. The molecule has 0 unspecified atom stereocenters. The van der Waals surface area contributed by atoms with E-state index in [2.05, 4.69) is 0 Å². The summed E-state index contributed by atoms with van der Waals surface area (Å²) in [6.45, 7) is 3.91. The Morgan fingerprint density at radius 2 is 1.89 bits per heavy atom. The zero-order chi connectivity index (χ0) is 14.0. The zero-order valence-electron chi connectivity index (χ0n) is 12.0. The Kier molecular flexibility index (Phi) is 4.16. The fraction of sp³-hybridized carbons (Fsp3) is 0.625. The fourth-order valence-corrected chi connectivity index (χ4v) is 3.35. The molecule has 2 rings (SSSR count). The van der Waals surface area contributed by atoms with Crippen molar-refractivity contribution in [3.05, 3.63) is 29.8 Å². The maximum Gasteiger partial charge on any atom is 0.118 e. The van der Waals surface area contributed by atoms with E-state index >= 15 is 0 Å². The summed E-state index contributed by atoms with van der Waals surface area (Å²) in [6.07, 6.45) is 2.02. The predicted octanol–water partition coefficient (Wildman–Crippen LogP) is 2.71. The highest BCUT2D eigenvalue weighted by atomic mass is 16.5. The van der Waals surface area contributed by atoms with Crippen molar-refractivity contribution in [2.45, 2.75) is 50.7 Å². The van der Waals surface area contributed by atoms with Gasteiger partial charge in [-0.15, -0.1) is 0 Å². The summed E-state index contributed by atoms with van der Waals surface area (Å²) in [7, 11) is 1.64. The van der Waals surface area contributed by atoms with Crippen molar-refractivity contribution in [3.8, 4) is 5.75 Å². The average Bonchev–Trinajstić information content (AvgIpc) is 2.47. The highest BCUT2D eigenvalue weighted by Gasteiger charge is 2.41. The SMILES string of the molecule is COc1ccc([C@H]2[C@@H](C)[C@@H](O)CCC[C@]2(C)O)cc1. The van der Waals surface area contributed by atoms with Crippen LogP contribution in [0.3, 0.4) is 0 Å². The maximum atomic E-state index is 10.7. The molecule has 0 heterocycles. The van der Waals surface area contributed by atoms with Crippen molar-refractivity contribution in [2.75, 3.05) is 7.11 Å². The summed E-state index contributed by atoms with van der Waals surface area (Å²) >= 11 is 0. The van der Waals surface area contributed by atoms with E-state index in [0.717, 1.165) is 30.6 Å². The summed E-state index contributed by atoms with van der Waals surface area (Å²) in [5, 5.41) is 20.9. The van der Waals surface area contributed by atoms with Gasteiger partial charge < -0.3 is 14.9 Å². The Morgan fingerprint density at radius 3 is 2.47 bits per heavy atom. The van der Waals surface area contributed by atoms with Crippen LogP contribution in [0.4, 0.5) is 0 Å². The van der Waals surface area contributed by atoms with Gasteiger partial charge in [-0.3, -0.25) is 0 Å². The first-order chi connectivity index (χ1) is 8.95. The molecule has 19 heavy (non-hydrogen) atoms. The summed E-state index contributed by atoms with van der Waals surface area (Å²) < 4.78 is 5.17. The molecule has 1 fully saturated rings. The van der Waals surface area contributed by atoms with E-state index in [1.165, 1.54) is 0 Å². The molecule has 0 radical (unpaired) electrons. The van der Waals surface area contributed by atoms with E-state index in [-0.39, 0.29) is 17.9 Å². The van der Waals surface area contributed by atoms with Crippen LogP contribution in [0.2, 0.25) is 0 Å². The average molecular weight is 264 g/mol. The number of methoxy groups -OCH3 is 1. The standard InChI is InChI=1S/C16H24O3/c1-11-14(17)5-4-10-16(2,18)15(11)12-6-8-13(19-3)9-7-12/h6-9,11,14-15,17-18H,4-5,10H2,1-3H3/t11-,14-,15+,16-/m0/s1. The summed E-state index contributed by atoms with van der Waals surface area (Å²) in [6, 6.07) is 7.81. The molecule has 3 nitrogen and oxygen atoms in total. The van der Waals surface area contributed by atoms with Crippen LogP contribution in [0.15, 0.2) is 24.3 Å². The molecule has 106 valence electrons. The predicted molar refractivity (Wildman–Crippen MR) is 75.4 cm³/mol. The number of rotatable bonds is 2. The highest BCUT2D eigenvalue weighted by Crippen LogP contribution is 2.43. The monoisotopic (exact) mass is 264 g/mol. The second-order valence-corrected chi connectivity index (χ2v) is 5.93. The smallest absolute Gasteiger partial charge is 0.118 e. The van der Waals surface area contributed by atoms with Crippen molar-refractivity contribution in [3.63, 3.8) is 0 Å². The molecule has 0 saturated heterocycles. The first kappa shape index (κ1) is 14.4. The van der Waals surface area contributed by atoms with Crippen molar-refractivity contribution >= 4 is 0 Å². The number of hydrogen-bond acceptors (Lipinski definition) is 3. The Bertz CT molecular complexity index is 411. The van der Waals surface area contributed by atoms with Gasteiger partial charge in [-0.05, 0) is 49.8 Å². The molecule has 0 aromatic heterocycles. The van der Waals surface area contributed by atoms with E-state index < -0.39 is 5.60 Å². The summed E-state index contributed by atoms with van der Waals surface area (Å²) in [5.41, 5.74) is 0.296. The van der Waals surface area contributed by atoms with Crippen LogP contribution in [0, 0.1) is 5.92 Å². The number of aliphatic hydroxyl groups excluding tert-OH is 1. The lowest BCUT2D eigenvalue weighted by molar-refractivity contribution is -0.00556. The minimum absolute atomic E-state index is 0.0455. The lowest BCUT2D eigenvalue weighted by atomic mass is 9.74. The molecule has 1 aliphatic rings. The third-order valence-corrected chi connectivity index (χ3v) is 4.46.